The molecule has 9 nitrogen and oxygen atoms in total. The molecule has 1 aliphatic rings. The highest BCUT2D eigenvalue weighted by atomic mass is 79.9. The molecule has 4 atom stereocenters. The third kappa shape index (κ3) is 7.39. The standard InChI is InChI=1S/C15H21BrO9/c1-8(17)22-11-7-21-15(25-12(20)5-4-6-16)14(24-10(3)19)13(11)23-9(2)18/h11,13-15H,4-7H2,1-3H3/t11-,13-,14+,15?/m0/s1. The van der Waals surface area contributed by atoms with Crippen LogP contribution in [0.5, 0.6) is 0 Å². The van der Waals surface area contributed by atoms with Crippen LogP contribution in [0.1, 0.15) is 33.6 Å². The number of alkyl halides is 1. The van der Waals surface area contributed by atoms with Crippen LogP contribution in [0.15, 0.2) is 0 Å². The fourth-order valence-corrected chi connectivity index (χ4v) is 2.49. The van der Waals surface area contributed by atoms with Crippen LogP contribution >= 0.6 is 15.9 Å². The normalized spacial score (nSPS) is 25.6. The minimum atomic E-state index is -1.28. The van der Waals surface area contributed by atoms with Crippen molar-refractivity contribution in [3.8, 4) is 0 Å². The molecule has 0 N–H and O–H groups in total. The molecule has 1 heterocycles. The van der Waals surface area contributed by atoms with Gasteiger partial charge in [-0.2, -0.15) is 0 Å². The molecule has 0 aliphatic carbocycles. The molecule has 1 aliphatic heterocycles. The van der Waals surface area contributed by atoms with E-state index in [9.17, 15) is 19.2 Å². The Morgan fingerprint density at radius 3 is 2.00 bits per heavy atom. The Hall–Kier alpha value is -1.68. The molecule has 0 aromatic heterocycles. The van der Waals surface area contributed by atoms with Crippen molar-refractivity contribution in [1.29, 1.82) is 0 Å². The van der Waals surface area contributed by atoms with E-state index in [-0.39, 0.29) is 13.0 Å². The lowest BCUT2D eigenvalue weighted by molar-refractivity contribution is -0.274. The Balaban J connectivity index is 2.96. The summed E-state index contributed by atoms with van der Waals surface area (Å²) in [5.74, 6) is -2.56. The lowest BCUT2D eigenvalue weighted by Crippen LogP contribution is -2.58. The van der Waals surface area contributed by atoms with Gasteiger partial charge in [0.2, 0.25) is 12.4 Å². The number of hydrogen-bond donors (Lipinski definition) is 0. The molecule has 25 heavy (non-hydrogen) atoms. The summed E-state index contributed by atoms with van der Waals surface area (Å²) in [6, 6.07) is 0. The first-order valence-electron chi connectivity index (χ1n) is 7.63. The molecule has 0 spiro atoms. The molecule has 142 valence electrons. The molecular weight excluding hydrogens is 404 g/mol. The minimum Gasteiger partial charge on any atom is -0.456 e. The van der Waals surface area contributed by atoms with Gasteiger partial charge in [0, 0.05) is 32.5 Å². The topological polar surface area (TPSA) is 114 Å². The molecule has 0 aromatic carbocycles. The van der Waals surface area contributed by atoms with Gasteiger partial charge in [0.05, 0.1) is 6.61 Å². The zero-order valence-corrected chi connectivity index (χ0v) is 15.8. The minimum absolute atomic E-state index is 0.128. The molecule has 1 fully saturated rings. The van der Waals surface area contributed by atoms with Crippen LogP contribution < -0.4 is 0 Å². The van der Waals surface area contributed by atoms with Crippen molar-refractivity contribution in [3.63, 3.8) is 0 Å². The highest BCUT2D eigenvalue weighted by molar-refractivity contribution is 9.09. The van der Waals surface area contributed by atoms with Crippen LogP contribution in [0.25, 0.3) is 0 Å². The Morgan fingerprint density at radius 1 is 0.920 bits per heavy atom. The SMILES string of the molecule is CC(=O)O[C@H]1[C@@H](OC(C)=O)COC(OC(=O)CCCBr)[C@@H]1OC(C)=O. The molecule has 0 saturated carbocycles. The maximum Gasteiger partial charge on any atom is 0.308 e. The number of carbonyl (C=O) groups excluding carboxylic acids is 4. The zero-order valence-electron chi connectivity index (χ0n) is 14.2. The molecule has 10 heteroatoms. The number of hydrogen-bond acceptors (Lipinski definition) is 9. The predicted octanol–water partition coefficient (Wildman–Crippen LogP) is 0.856. The number of esters is 4. The smallest absolute Gasteiger partial charge is 0.308 e. The molecular formula is C15H21BrO9. The first kappa shape index (κ1) is 21.4. The van der Waals surface area contributed by atoms with E-state index in [1.165, 1.54) is 6.92 Å². The van der Waals surface area contributed by atoms with Gasteiger partial charge in [-0.1, -0.05) is 15.9 Å². The van der Waals surface area contributed by atoms with E-state index in [0.717, 1.165) is 13.8 Å². The van der Waals surface area contributed by atoms with E-state index < -0.39 is 48.5 Å². The number of rotatable bonds is 7. The molecule has 0 aromatic rings. The summed E-state index contributed by atoms with van der Waals surface area (Å²) >= 11 is 3.20. The van der Waals surface area contributed by atoms with Crippen molar-refractivity contribution in [2.75, 3.05) is 11.9 Å². The Bertz CT molecular complexity index is 507. The van der Waals surface area contributed by atoms with Crippen molar-refractivity contribution in [2.45, 2.75) is 58.2 Å². The van der Waals surface area contributed by atoms with Crippen LogP contribution in [0.2, 0.25) is 0 Å². The summed E-state index contributed by atoms with van der Waals surface area (Å²) in [6.07, 6.45) is -4.01. The highest BCUT2D eigenvalue weighted by Gasteiger charge is 2.48. The van der Waals surface area contributed by atoms with E-state index >= 15 is 0 Å². The maximum absolute atomic E-state index is 11.8. The van der Waals surface area contributed by atoms with Gasteiger partial charge in [0.15, 0.2) is 12.2 Å². The molecule has 0 radical (unpaired) electrons. The Morgan fingerprint density at radius 2 is 1.48 bits per heavy atom. The Labute approximate surface area is 153 Å². The van der Waals surface area contributed by atoms with Crippen molar-refractivity contribution in [3.05, 3.63) is 0 Å². The van der Waals surface area contributed by atoms with Gasteiger partial charge >= 0.3 is 23.9 Å². The fraction of sp³-hybridized carbons (Fsp3) is 0.733. The van der Waals surface area contributed by atoms with Crippen LogP contribution in [0.3, 0.4) is 0 Å². The van der Waals surface area contributed by atoms with Crippen molar-refractivity contribution >= 4 is 39.8 Å². The van der Waals surface area contributed by atoms with Crippen LogP contribution in [0, 0.1) is 0 Å². The van der Waals surface area contributed by atoms with Crippen molar-refractivity contribution < 1.29 is 42.9 Å². The molecule has 0 amide bonds. The predicted molar refractivity (Wildman–Crippen MR) is 85.5 cm³/mol. The number of halogens is 1. The number of carbonyl (C=O) groups is 4. The van der Waals surface area contributed by atoms with Gasteiger partial charge in [0.1, 0.15) is 0 Å². The molecule has 1 unspecified atom stereocenters. The van der Waals surface area contributed by atoms with Gasteiger partial charge in [-0.15, -0.1) is 0 Å². The van der Waals surface area contributed by atoms with Crippen LogP contribution in [-0.2, 0) is 42.9 Å². The van der Waals surface area contributed by atoms with Gasteiger partial charge in [-0.3, -0.25) is 19.2 Å². The monoisotopic (exact) mass is 424 g/mol. The summed E-state index contributed by atoms with van der Waals surface area (Å²) in [5.41, 5.74) is 0. The second-order valence-corrected chi connectivity index (χ2v) is 6.07. The molecule has 1 saturated heterocycles. The molecule has 0 bridgehead atoms. The van der Waals surface area contributed by atoms with Gasteiger partial charge in [-0.25, -0.2) is 0 Å². The van der Waals surface area contributed by atoms with Gasteiger partial charge in [0.25, 0.3) is 0 Å². The number of ether oxygens (including phenoxy) is 5. The largest absolute Gasteiger partial charge is 0.456 e. The lowest BCUT2D eigenvalue weighted by atomic mass is 10.0. The van der Waals surface area contributed by atoms with E-state index in [2.05, 4.69) is 15.9 Å². The summed E-state index contributed by atoms with van der Waals surface area (Å²) in [4.78, 5) is 45.9. The van der Waals surface area contributed by atoms with Crippen molar-refractivity contribution in [1.82, 2.24) is 0 Å². The van der Waals surface area contributed by atoms with E-state index in [1.54, 1.807) is 0 Å². The second kappa shape index (κ2) is 10.3. The van der Waals surface area contributed by atoms with E-state index in [0.29, 0.717) is 11.8 Å². The third-order valence-electron chi connectivity index (χ3n) is 3.07. The molecule has 1 rings (SSSR count). The summed E-state index contributed by atoms with van der Waals surface area (Å²) in [7, 11) is 0. The van der Waals surface area contributed by atoms with Crippen LogP contribution in [0.4, 0.5) is 0 Å². The van der Waals surface area contributed by atoms with Crippen molar-refractivity contribution in [2.24, 2.45) is 0 Å². The average Bonchev–Trinajstić information content (AvgIpc) is 2.49. The van der Waals surface area contributed by atoms with Crippen LogP contribution in [-0.4, -0.2) is 60.4 Å². The van der Waals surface area contributed by atoms with E-state index in [4.69, 9.17) is 23.7 Å². The summed E-state index contributed by atoms with van der Waals surface area (Å²) in [6.45, 7) is 3.29. The van der Waals surface area contributed by atoms with Gasteiger partial charge < -0.3 is 23.7 Å². The van der Waals surface area contributed by atoms with E-state index in [1.807, 2.05) is 0 Å². The average molecular weight is 425 g/mol. The quantitative estimate of drug-likeness (QED) is 0.333. The third-order valence-corrected chi connectivity index (χ3v) is 3.63. The fourth-order valence-electron chi connectivity index (χ4n) is 2.21. The highest BCUT2D eigenvalue weighted by Crippen LogP contribution is 2.25. The first-order chi connectivity index (χ1) is 11.7. The summed E-state index contributed by atoms with van der Waals surface area (Å²) < 4.78 is 25.9. The second-order valence-electron chi connectivity index (χ2n) is 5.28. The Kier molecular flexibility index (Phi) is 8.84. The summed E-state index contributed by atoms with van der Waals surface area (Å²) in [5, 5.41) is 0.617. The maximum atomic E-state index is 11.8. The first-order valence-corrected chi connectivity index (χ1v) is 8.75. The lowest BCUT2D eigenvalue weighted by Gasteiger charge is -2.39. The zero-order chi connectivity index (χ0) is 19.0. The van der Waals surface area contributed by atoms with Gasteiger partial charge in [-0.05, 0) is 6.42 Å².